The lowest BCUT2D eigenvalue weighted by Gasteiger charge is -2.22. The maximum absolute atomic E-state index is 4.05. The van der Waals surface area contributed by atoms with E-state index in [1.807, 2.05) is 12.3 Å². The second kappa shape index (κ2) is 3.37. The fraction of sp³-hybridized carbons (Fsp3) is 0.444. The van der Waals surface area contributed by atoms with E-state index in [9.17, 15) is 0 Å². The highest BCUT2D eigenvalue weighted by atomic mass is 15.1. The van der Waals surface area contributed by atoms with Gasteiger partial charge in [-0.1, -0.05) is 0 Å². The average molecular weight is 150 g/mol. The average Bonchev–Trinajstić information content (AvgIpc) is 2.05. The summed E-state index contributed by atoms with van der Waals surface area (Å²) < 4.78 is 0. The van der Waals surface area contributed by atoms with Crippen LogP contribution >= 0.6 is 0 Å². The van der Waals surface area contributed by atoms with Gasteiger partial charge in [0.05, 0.1) is 11.9 Å². The van der Waals surface area contributed by atoms with Crippen molar-refractivity contribution in [3.8, 4) is 0 Å². The third kappa shape index (κ3) is 1.93. The fourth-order valence-corrected chi connectivity index (χ4v) is 0.861. The number of anilines is 1. The summed E-state index contributed by atoms with van der Waals surface area (Å²) in [5, 5.41) is 0. The lowest BCUT2D eigenvalue weighted by molar-refractivity contribution is 0.753. The molecule has 0 fully saturated rings. The zero-order chi connectivity index (χ0) is 8.27. The first-order valence-corrected chi connectivity index (χ1v) is 3.84. The zero-order valence-corrected chi connectivity index (χ0v) is 7.28. The summed E-state index contributed by atoms with van der Waals surface area (Å²) >= 11 is 0. The van der Waals surface area contributed by atoms with Crippen LogP contribution in [0, 0.1) is 0 Å². The van der Waals surface area contributed by atoms with Gasteiger partial charge in [-0.15, -0.1) is 0 Å². The third-order valence-corrected chi connectivity index (χ3v) is 1.83. The monoisotopic (exact) mass is 150 g/mol. The van der Waals surface area contributed by atoms with Crippen molar-refractivity contribution in [2.75, 3.05) is 11.9 Å². The van der Waals surface area contributed by atoms with Gasteiger partial charge in [0.25, 0.3) is 0 Å². The Morgan fingerprint density at radius 2 is 2.18 bits per heavy atom. The Morgan fingerprint density at radius 1 is 1.45 bits per heavy atom. The third-order valence-electron chi connectivity index (χ3n) is 1.83. The maximum atomic E-state index is 4.05. The second-order valence-corrected chi connectivity index (χ2v) is 2.92. The van der Waals surface area contributed by atoms with Gasteiger partial charge in [0.1, 0.15) is 0 Å². The van der Waals surface area contributed by atoms with Crippen LogP contribution in [-0.2, 0) is 0 Å². The predicted molar refractivity (Wildman–Crippen MR) is 47.8 cm³/mol. The Labute approximate surface area is 67.9 Å². The van der Waals surface area contributed by atoms with Crippen molar-refractivity contribution in [3.05, 3.63) is 24.5 Å². The second-order valence-electron chi connectivity index (χ2n) is 2.92. The molecule has 0 amide bonds. The summed E-state index contributed by atoms with van der Waals surface area (Å²) in [6.07, 6.45) is 3.66. The fourth-order valence-electron chi connectivity index (χ4n) is 0.861. The molecular weight excluding hydrogens is 136 g/mol. The Hall–Kier alpha value is -1.05. The van der Waals surface area contributed by atoms with Crippen LogP contribution in [0.4, 0.5) is 5.69 Å². The molecule has 0 N–H and O–H groups in total. The molecule has 0 aliphatic rings. The molecule has 11 heavy (non-hydrogen) atoms. The van der Waals surface area contributed by atoms with Gasteiger partial charge in [-0.3, -0.25) is 4.98 Å². The summed E-state index contributed by atoms with van der Waals surface area (Å²) in [6.45, 7) is 4.32. The van der Waals surface area contributed by atoms with Gasteiger partial charge in [-0.25, -0.2) is 0 Å². The molecule has 2 heteroatoms. The molecule has 0 aliphatic carbocycles. The summed E-state index contributed by atoms with van der Waals surface area (Å²) in [4.78, 5) is 6.23. The lowest BCUT2D eigenvalue weighted by atomic mass is 10.3. The number of pyridine rings is 1. The van der Waals surface area contributed by atoms with E-state index < -0.39 is 0 Å². The Kier molecular flexibility index (Phi) is 2.47. The number of hydrogen-bond donors (Lipinski definition) is 0. The van der Waals surface area contributed by atoms with Gasteiger partial charge >= 0.3 is 0 Å². The highest BCUT2D eigenvalue weighted by Crippen LogP contribution is 2.11. The van der Waals surface area contributed by atoms with Crippen molar-refractivity contribution < 1.29 is 0 Å². The smallest absolute Gasteiger partial charge is 0.0552 e. The minimum Gasteiger partial charge on any atom is -0.371 e. The van der Waals surface area contributed by atoms with E-state index in [2.05, 4.69) is 36.8 Å². The molecule has 0 bridgehead atoms. The summed E-state index contributed by atoms with van der Waals surface area (Å²) in [6, 6.07) is 4.54. The topological polar surface area (TPSA) is 16.1 Å². The van der Waals surface area contributed by atoms with Gasteiger partial charge in [-0.2, -0.15) is 0 Å². The van der Waals surface area contributed by atoms with Gasteiger partial charge in [0.2, 0.25) is 0 Å². The van der Waals surface area contributed by atoms with E-state index in [0.29, 0.717) is 6.04 Å². The van der Waals surface area contributed by atoms with Crippen molar-refractivity contribution in [1.29, 1.82) is 0 Å². The van der Waals surface area contributed by atoms with Gasteiger partial charge in [-0.05, 0) is 26.0 Å². The van der Waals surface area contributed by atoms with Crippen LogP contribution in [0.15, 0.2) is 24.5 Å². The predicted octanol–water partition coefficient (Wildman–Crippen LogP) is 1.93. The van der Waals surface area contributed by atoms with Crippen LogP contribution in [0.5, 0.6) is 0 Å². The molecule has 0 radical (unpaired) electrons. The molecule has 1 rings (SSSR count). The first-order chi connectivity index (χ1) is 5.22. The number of rotatable bonds is 2. The largest absolute Gasteiger partial charge is 0.371 e. The van der Waals surface area contributed by atoms with Crippen LogP contribution in [0.1, 0.15) is 13.8 Å². The number of hydrogen-bond acceptors (Lipinski definition) is 2. The van der Waals surface area contributed by atoms with E-state index in [4.69, 9.17) is 0 Å². The van der Waals surface area contributed by atoms with E-state index in [0.717, 1.165) is 0 Å². The highest BCUT2D eigenvalue weighted by Gasteiger charge is 2.02. The van der Waals surface area contributed by atoms with Crippen molar-refractivity contribution in [2.45, 2.75) is 19.9 Å². The molecule has 0 spiro atoms. The van der Waals surface area contributed by atoms with Crippen LogP contribution in [0.25, 0.3) is 0 Å². The molecule has 0 aromatic carbocycles. The van der Waals surface area contributed by atoms with E-state index in [1.165, 1.54) is 5.69 Å². The van der Waals surface area contributed by atoms with Crippen molar-refractivity contribution >= 4 is 5.69 Å². The summed E-state index contributed by atoms with van der Waals surface area (Å²) in [7, 11) is 2.07. The maximum Gasteiger partial charge on any atom is 0.0552 e. The van der Waals surface area contributed by atoms with Crippen molar-refractivity contribution in [3.63, 3.8) is 0 Å². The number of aromatic nitrogens is 1. The highest BCUT2D eigenvalue weighted by molar-refractivity contribution is 5.43. The van der Waals surface area contributed by atoms with Crippen LogP contribution in [0.2, 0.25) is 0 Å². The molecule has 60 valence electrons. The SMILES string of the molecule is CC(C)N(C)c1cccnc1. The van der Waals surface area contributed by atoms with Crippen molar-refractivity contribution in [2.24, 2.45) is 0 Å². The molecule has 0 saturated carbocycles. The molecule has 1 aromatic heterocycles. The molecule has 0 atom stereocenters. The van der Waals surface area contributed by atoms with E-state index in [-0.39, 0.29) is 0 Å². The van der Waals surface area contributed by atoms with Gasteiger partial charge in [0.15, 0.2) is 0 Å². The normalized spacial score (nSPS) is 10.2. The quantitative estimate of drug-likeness (QED) is 0.640. The van der Waals surface area contributed by atoms with Crippen molar-refractivity contribution in [1.82, 2.24) is 4.98 Å². The molecular formula is C9H14N2. The first kappa shape index (κ1) is 8.05. The van der Waals surface area contributed by atoms with Gasteiger partial charge in [0, 0.05) is 19.3 Å². The minimum atomic E-state index is 0.527. The molecule has 2 nitrogen and oxygen atoms in total. The molecule has 1 heterocycles. The van der Waals surface area contributed by atoms with E-state index in [1.54, 1.807) is 6.20 Å². The Bertz CT molecular complexity index is 206. The summed E-state index contributed by atoms with van der Waals surface area (Å²) in [5.74, 6) is 0. The molecule has 0 saturated heterocycles. The van der Waals surface area contributed by atoms with Crippen LogP contribution < -0.4 is 4.90 Å². The minimum absolute atomic E-state index is 0.527. The molecule has 0 unspecified atom stereocenters. The standard InChI is InChI=1S/C9H14N2/c1-8(2)11(3)9-5-4-6-10-7-9/h4-8H,1-3H3. The first-order valence-electron chi connectivity index (χ1n) is 3.84. The molecule has 1 aromatic rings. The number of nitrogens with zero attached hydrogens (tertiary/aromatic N) is 2. The van der Waals surface area contributed by atoms with E-state index >= 15 is 0 Å². The van der Waals surface area contributed by atoms with Crippen LogP contribution in [0.3, 0.4) is 0 Å². The Morgan fingerprint density at radius 3 is 2.64 bits per heavy atom. The summed E-state index contributed by atoms with van der Waals surface area (Å²) in [5.41, 5.74) is 1.17. The van der Waals surface area contributed by atoms with Crippen LogP contribution in [-0.4, -0.2) is 18.1 Å². The molecule has 0 aliphatic heterocycles. The lowest BCUT2D eigenvalue weighted by Crippen LogP contribution is -2.25. The van der Waals surface area contributed by atoms with Gasteiger partial charge < -0.3 is 4.90 Å². The Balaban J connectivity index is 2.77. The zero-order valence-electron chi connectivity index (χ0n) is 7.28.